The van der Waals surface area contributed by atoms with Gasteiger partial charge in [0.15, 0.2) is 5.96 Å². The fraction of sp³-hybridized carbons (Fsp3) is 0.500. The maximum absolute atomic E-state index is 6.30. The number of aliphatic imine (C=N–C) groups is 1. The van der Waals surface area contributed by atoms with Gasteiger partial charge in [-0.1, -0.05) is 17.7 Å². The second kappa shape index (κ2) is 11.0. The molecule has 0 bridgehead atoms. The molecule has 1 aliphatic heterocycles. The lowest BCUT2D eigenvalue weighted by Gasteiger charge is -2.20. The number of halogens is 1. The zero-order valence-corrected chi connectivity index (χ0v) is 18.9. The van der Waals surface area contributed by atoms with Crippen LogP contribution in [0.15, 0.2) is 41.7 Å². The Morgan fingerprint density at radius 1 is 1.23 bits per heavy atom. The van der Waals surface area contributed by atoms with E-state index in [1.54, 1.807) is 6.20 Å². The lowest BCUT2D eigenvalue weighted by Crippen LogP contribution is -2.44. The normalized spacial score (nSPS) is 16.6. The van der Waals surface area contributed by atoms with E-state index in [0.717, 1.165) is 62.3 Å². The summed E-state index contributed by atoms with van der Waals surface area (Å²) in [7, 11) is 0. The molecule has 0 aliphatic carbocycles. The van der Waals surface area contributed by atoms with Crippen LogP contribution in [-0.2, 0) is 6.54 Å². The van der Waals surface area contributed by atoms with E-state index in [1.165, 1.54) is 0 Å². The van der Waals surface area contributed by atoms with E-state index in [-0.39, 0.29) is 0 Å². The molecule has 3 heterocycles. The van der Waals surface area contributed by atoms with E-state index in [0.29, 0.717) is 17.6 Å². The van der Waals surface area contributed by atoms with E-state index in [4.69, 9.17) is 16.6 Å². The van der Waals surface area contributed by atoms with Gasteiger partial charge in [-0.15, -0.1) is 0 Å². The Labute approximate surface area is 184 Å². The fourth-order valence-corrected chi connectivity index (χ4v) is 3.85. The van der Waals surface area contributed by atoms with Gasteiger partial charge in [0.2, 0.25) is 0 Å². The van der Waals surface area contributed by atoms with Crippen LogP contribution in [0.25, 0.3) is 0 Å². The standard InChI is InChI=1S/C22H32ClN7/c1-4-24-22(27-15-17-9-10-20(26-14-17)29(5-2)6-3)28-18-11-13-30(16-18)21-19(23)8-7-12-25-21/h7-10,12,14,18H,4-6,11,13,15-16H2,1-3H3,(H2,24,27,28). The molecule has 162 valence electrons. The van der Waals surface area contributed by atoms with Crippen molar-refractivity contribution < 1.29 is 0 Å². The highest BCUT2D eigenvalue weighted by Gasteiger charge is 2.25. The Hall–Kier alpha value is -2.54. The van der Waals surface area contributed by atoms with E-state index < -0.39 is 0 Å². The van der Waals surface area contributed by atoms with Crippen LogP contribution in [0.5, 0.6) is 0 Å². The number of nitrogens with zero attached hydrogens (tertiary/aromatic N) is 5. The molecule has 1 atom stereocenters. The van der Waals surface area contributed by atoms with Gasteiger partial charge in [-0.2, -0.15) is 0 Å². The minimum absolute atomic E-state index is 0.295. The van der Waals surface area contributed by atoms with E-state index in [1.807, 2.05) is 18.3 Å². The monoisotopic (exact) mass is 429 g/mol. The molecule has 1 unspecified atom stereocenters. The molecule has 30 heavy (non-hydrogen) atoms. The third-order valence-corrected chi connectivity index (χ3v) is 5.52. The van der Waals surface area contributed by atoms with Crippen LogP contribution in [0.1, 0.15) is 32.8 Å². The minimum Gasteiger partial charge on any atom is -0.357 e. The van der Waals surface area contributed by atoms with Crippen molar-refractivity contribution in [2.75, 3.05) is 42.5 Å². The van der Waals surface area contributed by atoms with E-state index >= 15 is 0 Å². The maximum Gasteiger partial charge on any atom is 0.191 e. The lowest BCUT2D eigenvalue weighted by molar-refractivity contribution is 0.648. The van der Waals surface area contributed by atoms with Gasteiger partial charge < -0.3 is 20.4 Å². The van der Waals surface area contributed by atoms with Crippen LogP contribution in [-0.4, -0.2) is 54.7 Å². The van der Waals surface area contributed by atoms with Crippen molar-refractivity contribution in [3.05, 3.63) is 47.2 Å². The molecule has 0 saturated carbocycles. The molecule has 1 fully saturated rings. The number of hydrogen-bond acceptors (Lipinski definition) is 5. The Bertz CT molecular complexity index is 820. The van der Waals surface area contributed by atoms with Crippen LogP contribution >= 0.6 is 11.6 Å². The SMILES string of the molecule is CCNC(=NCc1ccc(N(CC)CC)nc1)NC1CCN(c2ncccc2Cl)C1. The molecule has 3 rings (SSSR count). The summed E-state index contributed by atoms with van der Waals surface area (Å²) in [6.45, 7) is 11.4. The Morgan fingerprint density at radius 2 is 2.07 bits per heavy atom. The number of guanidine groups is 1. The van der Waals surface area contributed by atoms with E-state index in [9.17, 15) is 0 Å². The molecular weight excluding hydrogens is 398 g/mol. The summed E-state index contributed by atoms with van der Waals surface area (Å²) >= 11 is 6.30. The molecular formula is C22H32ClN7. The van der Waals surface area contributed by atoms with Gasteiger partial charge in [-0.3, -0.25) is 0 Å². The summed E-state index contributed by atoms with van der Waals surface area (Å²) in [4.78, 5) is 18.2. The second-order valence-corrected chi connectivity index (χ2v) is 7.68. The van der Waals surface area contributed by atoms with Crippen molar-refractivity contribution in [1.82, 2.24) is 20.6 Å². The van der Waals surface area contributed by atoms with Crippen LogP contribution in [0, 0.1) is 0 Å². The molecule has 8 heteroatoms. The molecule has 0 aromatic carbocycles. The maximum atomic E-state index is 6.30. The first-order valence-corrected chi connectivity index (χ1v) is 11.1. The molecule has 2 aromatic rings. The largest absolute Gasteiger partial charge is 0.357 e. The molecule has 2 aromatic heterocycles. The van der Waals surface area contributed by atoms with Gasteiger partial charge in [0.1, 0.15) is 11.6 Å². The minimum atomic E-state index is 0.295. The summed E-state index contributed by atoms with van der Waals surface area (Å²) in [6.07, 6.45) is 4.71. The summed E-state index contributed by atoms with van der Waals surface area (Å²) in [6, 6.07) is 8.22. The third kappa shape index (κ3) is 5.75. The van der Waals surface area contributed by atoms with Gasteiger partial charge in [0.25, 0.3) is 0 Å². The van der Waals surface area contributed by atoms with Gasteiger partial charge in [-0.25, -0.2) is 15.0 Å². The molecule has 1 aliphatic rings. The predicted molar refractivity (Wildman–Crippen MR) is 126 cm³/mol. The van der Waals surface area contributed by atoms with Crippen molar-refractivity contribution in [1.29, 1.82) is 0 Å². The molecule has 1 saturated heterocycles. The average Bonchev–Trinajstić information content (AvgIpc) is 3.22. The van der Waals surface area contributed by atoms with Crippen LogP contribution in [0.3, 0.4) is 0 Å². The molecule has 7 nitrogen and oxygen atoms in total. The molecule has 0 spiro atoms. The van der Waals surface area contributed by atoms with Crippen molar-refractivity contribution in [3.8, 4) is 0 Å². The highest BCUT2D eigenvalue weighted by atomic mass is 35.5. The first-order chi connectivity index (χ1) is 14.6. The highest BCUT2D eigenvalue weighted by molar-refractivity contribution is 6.32. The molecule has 0 amide bonds. The van der Waals surface area contributed by atoms with Crippen LogP contribution < -0.4 is 20.4 Å². The van der Waals surface area contributed by atoms with Crippen molar-refractivity contribution in [2.45, 2.75) is 39.8 Å². The first-order valence-electron chi connectivity index (χ1n) is 10.7. The Morgan fingerprint density at radius 3 is 2.73 bits per heavy atom. The summed E-state index contributed by atoms with van der Waals surface area (Å²) in [5.41, 5.74) is 1.09. The number of nitrogens with one attached hydrogen (secondary N) is 2. The number of pyridine rings is 2. The van der Waals surface area contributed by atoms with Crippen molar-refractivity contribution in [2.24, 2.45) is 4.99 Å². The molecule has 2 N–H and O–H groups in total. The lowest BCUT2D eigenvalue weighted by atomic mass is 10.2. The van der Waals surface area contributed by atoms with Crippen molar-refractivity contribution in [3.63, 3.8) is 0 Å². The Kier molecular flexibility index (Phi) is 8.13. The fourth-order valence-electron chi connectivity index (χ4n) is 3.61. The zero-order chi connectivity index (χ0) is 21.3. The summed E-state index contributed by atoms with van der Waals surface area (Å²) < 4.78 is 0. The highest BCUT2D eigenvalue weighted by Crippen LogP contribution is 2.25. The van der Waals surface area contributed by atoms with Gasteiger partial charge in [0, 0.05) is 51.2 Å². The average molecular weight is 430 g/mol. The number of aromatic nitrogens is 2. The smallest absolute Gasteiger partial charge is 0.191 e. The third-order valence-electron chi connectivity index (χ3n) is 5.23. The topological polar surface area (TPSA) is 68.7 Å². The van der Waals surface area contributed by atoms with Crippen molar-refractivity contribution >= 4 is 29.2 Å². The summed E-state index contributed by atoms with van der Waals surface area (Å²) in [5.74, 6) is 2.69. The number of rotatable bonds is 8. The predicted octanol–water partition coefficient (Wildman–Crippen LogP) is 3.31. The van der Waals surface area contributed by atoms with Crippen LogP contribution in [0.2, 0.25) is 5.02 Å². The molecule has 0 radical (unpaired) electrons. The van der Waals surface area contributed by atoms with Gasteiger partial charge in [-0.05, 0) is 51.0 Å². The number of anilines is 2. The zero-order valence-electron chi connectivity index (χ0n) is 18.1. The second-order valence-electron chi connectivity index (χ2n) is 7.28. The summed E-state index contributed by atoms with van der Waals surface area (Å²) in [5, 5.41) is 7.59. The quantitative estimate of drug-likeness (QED) is 0.495. The van der Waals surface area contributed by atoms with E-state index in [2.05, 4.69) is 63.3 Å². The van der Waals surface area contributed by atoms with Gasteiger partial charge in [0.05, 0.1) is 11.6 Å². The Balaban J connectivity index is 1.59. The first kappa shape index (κ1) is 22.2. The van der Waals surface area contributed by atoms with Crippen LogP contribution in [0.4, 0.5) is 11.6 Å². The number of hydrogen-bond donors (Lipinski definition) is 2. The van der Waals surface area contributed by atoms with Gasteiger partial charge >= 0.3 is 0 Å².